The zero-order chi connectivity index (χ0) is 20.6. The van der Waals surface area contributed by atoms with Crippen LogP contribution in [0.1, 0.15) is 24.8 Å². The normalized spacial score (nSPS) is 23.3. The molecule has 0 spiro atoms. The molecule has 0 radical (unpaired) electrons. The number of rotatable bonds is 5. The van der Waals surface area contributed by atoms with Gasteiger partial charge in [0.1, 0.15) is 0 Å². The summed E-state index contributed by atoms with van der Waals surface area (Å²) < 4.78 is 27.0. The summed E-state index contributed by atoms with van der Waals surface area (Å²) in [6.07, 6.45) is 2.59. The van der Waals surface area contributed by atoms with Crippen LogP contribution in [0, 0.1) is 23.2 Å². The number of carbonyl (C=O) groups excluding carboxylic acids is 2. The van der Waals surface area contributed by atoms with Gasteiger partial charge in [0.15, 0.2) is 0 Å². The second kappa shape index (κ2) is 7.76. The highest BCUT2D eigenvalue weighted by molar-refractivity contribution is 7.89. The molecule has 0 aromatic heterocycles. The number of sulfonamides is 1. The van der Waals surface area contributed by atoms with E-state index in [1.165, 1.54) is 28.6 Å². The van der Waals surface area contributed by atoms with E-state index in [0.717, 1.165) is 19.4 Å². The van der Waals surface area contributed by atoms with Crippen molar-refractivity contribution in [3.05, 3.63) is 29.8 Å². The predicted octanol–water partition coefficient (Wildman–Crippen LogP) is 0.650. The zero-order valence-electron chi connectivity index (χ0n) is 16.2. The maximum Gasteiger partial charge on any atom is 0.243 e. The van der Waals surface area contributed by atoms with E-state index >= 15 is 0 Å². The standard InChI is InChI=1S/C20H24N4O4S/c21-12-15-3-5-18(6-4-15)29(27,28)24-9-7-22(8-10-24)20(26)17-11-19(25)23(14-17)13-16-1-2-16/h3-6,16-17H,1-2,7-11,13-14H2. The molecule has 1 aliphatic carbocycles. The molecule has 9 heteroatoms. The largest absolute Gasteiger partial charge is 0.342 e. The Labute approximate surface area is 170 Å². The second-order valence-corrected chi connectivity index (χ2v) is 9.95. The molecular weight excluding hydrogens is 392 g/mol. The fourth-order valence-corrected chi connectivity index (χ4v) is 5.41. The van der Waals surface area contributed by atoms with Gasteiger partial charge in [-0.3, -0.25) is 9.59 Å². The molecule has 0 N–H and O–H groups in total. The average molecular weight is 417 g/mol. The van der Waals surface area contributed by atoms with Gasteiger partial charge in [0.25, 0.3) is 0 Å². The molecule has 154 valence electrons. The Morgan fingerprint density at radius 2 is 1.76 bits per heavy atom. The molecule has 8 nitrogen and oxygen atoms in total. The number of hydrogen-bond donors (Lipinski definition) is 0. The molecule has 1 atom stereocenters. The number of likely N-dealkylation sites (tertiary alicyclic amines) is 1. The summed E-state index contributed by atoms with van der Waals surface area (Å²) in [5, 5.41) is 8.86. The third kappa shape index (κ3) is 4.14. The topological polar surface area (TPSA) is 102 Å². The summed E-state index contributed by atoms with van der Waals surface area (Å²) in [4.78, 5) is 28.6. The Morgan fingerprint density at radius 1 is 1.10 bits per heavy atom. The van der Waals surface area contributed by atoms with Gasteiger partial charge in [-0.25, -0.2) is 8.42 Å². The Hall–Kier alpha value is -2.44. The lowest BCUT2D eigenvalue weighted by Gasteiger charge is -2.35. The van der Waals surface area contributed by atoms with Crippen LogP contribution in [0.15, 0.2) is 29.2 Å². The van der Waals surface area contributed by atoms with Gasteiger partial charge in [0.05, 0.1) is 22.4 Å². The van der Waals surface area contributed by atoms with Gasteiger partial charge >= 0.3 is 0 Å². The molecule has 3 aliphatic rings. The number of hydrogen-bond acceptors (Lipinski definition) is 5. The van der Waals surface area contributed by atoms with Crippen molar-refractivity contribution in [2.24, 2.45) is 11.8 Å². The predicted molar refractivity (Wildman–Crippen MR) is 104 cm³/mol. The zero-order valence-corrected chi connectivity index (χ0v) is 17.0. The molecule has 2 heterocycles. The molecule has 0 bridgehead atoms. The molecule has 29 heavy (non-hydrogen) atoms. The van der Waals surface area contributed by atoms with Crippen molar-refractivity contribution in [3.63, 3.8) is 0 Å². The molecule has 1 aromatic carbocycles. The Balaban J connectivity index is 1.34. The van der Waals surface area contributed by atoms with E-state index in [2.05, 4.69) is 0 Å². The van der Waals surface area contributed by atoms with Gasteiger partial charge in [-0.2, -0.15) is 9.57 Å². The number of benzene rings is 1. The Bertz CT molecular complexity index is 942. The van der Waals surface area contributed by atoms with E-state index in [0.29, 0.717) is 31.1 Å². The lowest BCUT2D eigenvalue weighted by atomic mass is 10.1. The van der Waals surface area contributed by atoms with Crippen molar-refractivity contribution in [2.45, 2.75) is 24.2 Å². The first-order chi connectivity index (χ1) is 13.9. The van der Waals surface area contributed by atoms with E-state index in [1.54, 1.807) is 4.90 Å². The number of piperazine rings is 1. The Morgan fingerprint density at radius 3 is 2.34 bits per heavy atom. The van der Waals surface area contributed by atoms with Crippen molar-refractivity contribution >= 4 is 21.8 Å². The number of carbonyl (C=O) groups is 2. The summed E-state index contributed by atoms with van der Waals surface area (Å²) in [6, 6.07) is 7.81. The van der Waals surface area contributed by atoms with Crippen LogP contribution < -0.4 is 0 Å². The minimum Gasteiger partial charge on any atom is -0.342 e. The molecular formula is C20H24N4O4S. The van der Waals surface area contributed by atoms with E-state index in [-0.39, 0.29) is 42.1 Å². The molecule has 2 amide bonds. The maximum absolute atomic E-state index is 12.8. The summed E-state index contributed by atoms with van der Waals surface area (Å²) in [5.41, 5.74) is 0.404. The van der Waals surface area contributed by atoms with Crippen LogP contribution in [0.4, 0.5) is 0 Å². The molecule has 3 fully saturated rings. The lowest BCUT2D eigenvalue weighted by molar-refractivity contribution is -0.137. The van der Waals surface area contributed by atoms with E-state index in [9.17, 15) is 18.0 Å². The smallest absolute Gasteiger partial charge is 0.243 e. The van der Waals surface area contributed by atoms with Crippen molar-refractivity contribution in [2.75, 3.05) is 39.3 Å². The first-order valence-corrected chi connectivity index (χ1v) is 11.4. The van der Waals surface area contributed by atoms with Crippen LogP contribution in [0.3, 0.4) is 0 Å². The lowest BCUT2D eigenvalue weighted by Crippen LogP contribution is -2.52. The van der Waals surface area contributed by atoms with Crippen LogP contribution in [-0.4, -0.2) is 73.6 Å². The molecule has 2 saturated heterocycles. The van der Waals surface area contributed by atoms with Gasteiger partial charge < -0.3 is 9.80 Å². The highest BCUT2D eigenvalue weighted by Crippen LogP contribution is 2.32. The van der Waals surface area contributed by atoms with Gasteiger partial charge in [-0.1, -0.05) is 0 Å². The summed E-state index contributed by atoms with van der Waals surface area (Å²) >= 11 is 0. The minimum absolute atomic E-state index is 0.0490. The summed E-state index contributed by atoms with van der Waals surface area (Å²) in [6.45, 7) is 2.33. The summed E-state index contributed by atoms with van der Waals surface area (Å²) in [5.74, 6) is 0.288. The van der Waals surface area contributed by atoms with Gasteiger partial charge in [-0.05, 0) is 43.0 Å². The number of nitriles is 1. The first kappa shape index (κ1) is 19.9. The van der Waals surface area contributed by atoms with Crippen LogP contribution >= 0.6 is 0 Å². The minimum atomic E-state index is -3.66. The third-order valence-corrected chi connectivity index (χ3v) is 7.82. The second-order valence-electron chi connectivity index (χ2n) is 8.01. The molecule has 2 aliphatic heterocycles. The van der Waals surface area contributed by atoms with E-state index < -0.39 is 10.0 Å². The quantitative estimate of drug-likeness (QED) is 0.701. The van der Waals surface area contributed by atoms with Crippen molar-refractivity contribution in [3.8, 4) is 6.07 Å². The fourth-order valence-electron chi connectivity index (χ4n) is 3.98. The number of amides is 2. The van der Waals surface area contributed by atoms with Crippen LogP contribution in [0.25, 0.3) is 0 Å². The molecule has 4 rings (SSSR count). The van der Waals surface area contributed by atoms with Gasteiger partial charge in [0.2, 0.25) is 21.8 Å². The highest BCUT2D eigenvalue weighted by atomic mass is 32.2. The molecule has 1 aromatic rings. The van der Waals surface area contributed by atoms with Crippen molar-refractivity contribution < 1.29 is 18.0 Å². The summed E-state index contributed by atoms with van der Waals surface area (Å²) in [7, 11) is -3.66. The fraction of sp³-hybridized carbons (Fsp3) is 0.550. The first-order valence-electron chi connectivity index (χ1n) is 9.95. The average Bonchev–Trinajstić information content (AvgIpc) is 3.49. The van der Waals surface area contributed by atoms with Crippen LogP contribution in [-0.2, 0) is 19.6 Å². The third-order valence-electron chi connectivity index (χ3n) is 5.91. The van der Waals surface area contributed by atoms with Crippen molar-refractivity contribution in [1.29, 1.82) is 5.26 Å². The highest BCUT2D eigenvalue weighted by Gasteiger charge is 2.40. The SMILES string of the molecule is N#Cc1ccc(S(=O)(=O)N2CCN(C(=O)C3CC(=O)N(CC4CC4)C3)CC2)cc1. The molecule has 1 saturated carbocycles. The molecule has 1 unspecified atom stereocenters. The van der Waals surface area contributed by atoms with Crippen LogP contribution in [0.5, 0.6) is 0 Å². The van der Waals surface area contributed by atoms with Crippen molar-refractivity contribution in [1.82, 2.24) is 14.1 Å². The van der Waals surface area contributed by atoms with Gasteiger partial charge in [-0.15, -0.1) is 0 Å². The van der Waals surface area contributed by atoms with Crippen LogP contribution in [0.2, 0.25) is 0 Å². The monoisotopic (exact) mass is 416 g/mol. The maximum atomic E-state index is 12.8. The van der Waals surface area contributed by atoms with E-state index in [1.807, 2.05) is 11.0 Å². The Kier molecular flexibility index (Phi) is 5.32. The van der Waals surface area contributed by atoms with Gasteiger partial charge in [0, 0.05) is 45.7 Å². The number of nitrogens with zero attached hydrogens (tertiary/aromatic N) is 4. The van der Waals surface area contributed by atoms with E-state index in [4.69, 9.17) is 5.26 Å².